The largest absolute Gasteiger partial charge is 0.438 e. The summed E-state index contributed by atoms with van der Waals surface area (Å²) in [5.41, 5.74) is 6.14. The molecular weight excluding hydrogens is 424 g/mol. The van der Waals surface area contributed by atoms with Crippen LogP contribution in [0.4, 0.5) is 5.69 Å². The number of rotatable bonds is 6. The van der Waals surface area contributed by atoms with E-state index in [1.807, 2.05) is 68.4 Å². The minimum absolute atomic E-state index is 0.134. The summed E-state index contributed by atoms with van der Waals surface area (Å²) in [6.07, 6.45) is 9.24. The number of nitrogens with one attached hydrogen (secondary N) is 1. The van der Waals surface area contributed by atoms with Gasteiger partial charge in [-0.1, -0.05) is 25.1 Å². The van der Waals surface area contributed by atoms with E-state index in [-0.39, 0.29) is 5.91 Å². The molecular formula is C28H24N4O2. The lowest BCUT2D eigenvalue weighted by molar-refractivity contribution is 0.102. The molecule has 1 N–H and O–H groups in total. The number of fused-ring (bicyclic) bond motifs is 1. The number of benzene rings is 2. The Labute approximate surface area is 198 Å². The van der Waals surface area contributed by atoms with E-state index < -0.39 is 0 Å². The number of pyridine rings is 1. The topological polar surface area (TPSA) is 77.0 Å². The van der Waals surface area contributed by atoms with Crippen molar-refractivity contribution in [1.82, 2.24) is 15.0 Å². The number of hydrogen-bond donors (Lipinski definition) is 1. The van der Waals surface area contributed by atoms with Crippen LogP contribution in [-0.4, -0.2) is 20.9 Å². The van der Waals surface area contributed by atoms with Crippen LogP contribution < -0.4 is 10.1 Å². The Hall–Kier alpha value is -4.32. The van der Waals surface area contributed by atoms with Gasteiger partial charge < -0.3 is 10.1 Å². The zero-order valence-corrected chi connectivity index (χ0v) is 19.1. The van der Waals surface area contributed by atoms with E-state index in [0.29, 0.717) is 22.9 Å². The summed E-state index contributed by atoms with van der Waals surface area (Å²) in [7, 11) is 0. The van der Waals surface area contributed by atoms with Crippen LogP contribution in [0.3, 0.4) is 0 Å². The number of allylic oxidation sites excluding steroid dienone is 1. The van der Waals surface area contributed by atoms with Gasteiger partial charge in [0.1, 0.15) is 11.6 Å². The van der Waals surface area contributed by atoms with Gasteiger partial charge in [0.15, 0.2) is 0 Å². The number of hydrogen-bond acceptors (Lipinski definition) is 5. The van der Waals surface area contributed by atoms with Gasteiger partial charge in [-0.25, -0.2) is 15.0 Å². The van der Waals surface area contributed by atoms with Crippen molar-refractivity contribution >= 4 is 17.7 Å². The summed E-state index contributed by atoms with van der Waals surface area (Å²) in [5, 5.41) is 2.98. The first-order valence-corrected chi connectivity index (χ1v) is 11.3. The fourth-order valence-electron chi connectivity index (χ4n) is 3.93. The van der Waals surface area contributed by atoms with E-state index in [2.05, 4.69) is 32.4 Å². The summed E-state index contributed by atoms with van der Waals surface area (Å²) in [6.45, 7) is 3.96. The molecule has 0 bridgehead atoms. The predicted molar refractivity (Wildman–Crippen MR) is 133 cm³/mol. The Morgan fingerprint density at radius 1 is 1.06 bits per heavy atom. The maximum absolute atomic E-state index is 12.8. The molecule has 6 nitrogen and oxygen atoms in total. The number of nitrogens with zero attached hydrogens (tertiary/aromatic N) is 3. The number of carbonyl (C=O) groups excluding carboxylic acids is 1. The molecule has 0 saturated heterocycles. The zero-order valence-electron chi connectivity index (χ0n) is 19.1. The monoisotopic (exact) mass is 448 g/mol. The molecule has 6 heteroatoms. The van der Waals surface area contributed by atoms with E-state index in [4.69, 9.17) is 4.74 Å². The van der Waals surface area contributed by atoms with E-state index in [0.717, 1.165) is 35.5 Å². The molecule has 2 aromatic heterocycles. The van der Waals surface area contributed by atoms with Gasteiger partial charge in [0, 0.05) is 30.1 Å². The molecule has 168 valence electrons. The number of aromatic nitrogens is 3. The van der Waals surface area contributed by atoms with Gasteiger partial charge in [0.05, 0.1) is 11.3 Å². The average Bonchev–Trinajstić information content (AvgIpc) is 3.34. The first-order chi connectivity index (χ1) is 16.6. The molecule has 0 unspecified atom stereocenters. The van der Waals surface area contributed by atoms with Crippen LogP contribution in [0, 0.1) is 6.92 Å². The van der Waals surface area contributed by atoms with Crippen LogP contribution in [-0.2, 0) is 12.8 Å². The second-order valence-electron chi connectivity index (χ2n) is 8.12. The molecule has 2 aromatic carbocycles. The third-order valence-electron chi connectivity index (χ3n) is 5.75. The molecule has 0 spiro atoms. The van der Waals surface area contributed by atoms with Crippen molar-refractivity contribution in [3.8, 4) is 22.9 Å². The van der Waals surface area contributed by atoms with Crippen LogP contribution in [0.1, 0.15) is 39.8 Å². The molecule has 4 aromatic rings. The molecule has 34 heavy (non-hydrogen) atoms. The Balaban J connectivity index is 1.34. The van der Waals surface area contributed by atoms with Gasteiger partial charge in [-0.15, -0.1) is 0 Å². The summed E-state index contributed by atoms with van der Waals surface area (Å²) in [4.78, 5) is 26.1. The van der Waals surface area contributed by atoms with Gasteiger partial charge in [-0.2, -0.15) is 0 Å². The van der Waals surface area contributed by atoms with Crippen molar-refractivity contribution < 1.29 is 9.53 Å². The van der Waals surface area contributed by atoms with Crippen LogP contribution in [0.25, 0.3) is 17.3 Å². The maximum Gasteiger partial charge on any atom is 0.255 e. The number of aryl methyl sites for hydroxylation is 2. The van der Waals surface area contributed by atoms with Crippen molar-refractivity contribution in [2.24, 2.45) is 0 Å². The first-order valence-electron chi connectivity index (χ1n) is 11.3. The highest BCUT2D eigenvalue weighted by molar-refractivity contribution is 6.04. The third-order valence-corrected chi connectivity index (χ3v) is 5.75. The first kappa shape index (κ1) is 21.5. The van der Waals surface area contributed by atoms with Crippen molar-refractivity contribution in [3.63, 3.8) is 0 Å². The highest BCUT2D eigenvalue weighted by Crippen LogP contribution is 2.32. The fraction of sp³-hybridized carbons (Fsp3) is 0.143. The van der Waals surface area contributed by atoms with E-state index in [1.54, 1.807) is 12.4 Å². The molecule has 0 fully saturated rings. The normalized spacial score (nSPS) is 11.8. The summed E-state index contributed by atoms with van der Waals surface area (Å²) in [6, 6.07) is 17.0. The van der Waals surface area contributed by atoms with Crippen molar-refractivity contribution in [3.05, 3.63) is 101 Å². The zero-order chi connectivity index (χ0) is 23.5. The van der Waals surface area contributed by atoms with E-state index >= 15 is 0 Å². The van der Waals surface area contributed by atoms with Crippen LogP contribution in [0.5, 0.6) is 11.6 Å². The van der Waals surface area contributed by atoms with Gasteiger partial charge in [-0.05, 0) is 78.6 Å². The Bertz CT molecular complexity index is 1410. The fourth-order valence-corrected chi connectivity index (χ4v) is 3.93. The number of anilines is 1. The molecule has 2 heterocycles. The molecule has 0 aliphatic heterocycles. The Kier molecular flexibility index (Phi) is 5.87. The minimum Gasteiger partial charge on any atom is -0.438 e. The molecule has 0 saturated carbocycles. The lowest BCUT2D eigenvalue weighted by Gasteiger charge is -2.13. The molecule has 5 rings (SSSR count). The number of carbonyl (C=O) groups is 1. The molecule has 0 radical (unpaired) electrons. The van der Waals surface area contributed by atoms with Gasteiger partial charge in [-0.3, -0.25) is 4.79 Å². The second kappa shape index (κ2) is 9.27. The van der Waals surface area contributed by atoms with Gasteiger partial charge in [0.2, 0.25) is 5.88 Å². The van der Waals surface area contributed by atoms with E-state index in [1.165, 1.54) is 11.1 Å². The van der Waals surface area contributed by atoms with Crippen LogP contribution in [0.15, 0.2) is 73.1 Å². The lowest BCUT2D eigenvalue weighted by atomic mass is 10.1. The molecule has 1 aliphatic rings. The lowest BCUT2D eigenvalue weighted by Crippen LogP contribution is -2.12. The summed E-state index contributed by atoms with van der Waals surface area (Å²) >= 11 is 0. The Morgan fingerprint density at radius 2 is 1.97 bits per heavy atom. The summed E-state index contributed by atoms with van der Waals surface area (Å²) < 4.78 is 6.17. The van der Waals surface area contributed by atoms with Crippen molar-refractivity contribution in [2.45, 2.75) is 26.7 Å². The van der Waals surface area contributed by atoms with E-state index in [9.17, 15) is 4.79 Å². The predicted octanol–water partition coefficient (Wildman–Crippen LogP) is 6.02. The number of ether oxygens (including phenoxy) is 1. The minimum atomic E-state index is -0.134. The second-order valence-corrected chi connectivity index (χ2v) is 8.12. The van der Waals surface area contributed by atoms with Gasteiger partial charge in [0.25, 0.3) is 5.91 Å². The number of amides is 1. The Morgan fingerprint density at radius 3 is 2.82 bits per heavy atom. The van der Waals surface area contributed by atoms with Crippen molar-refractivity contribution in [1.29, 1.82) is 0 Å². The van der Waals surface area contributed by atoms with Crippen LogP contribution >= 0.6 is 0 Å². The van der Waals surface area contributed by atoms with Crippen LogP contribution in [0.2, 0.25) is 0 Å². The highest BCUT2D eigenvalue weighted by atomic mass is 16.5. The van der Waals surface area contributed by atoms with Crippen molar-refractivity contribution in [2.75, 3.05) is 5.32 Å². The summed E-state index contributed by atoms with van der Waals surface area (Å²) in [5.74, 6) is 1.76. The molecule has 1 amide bonds. The standard InChI is InChI=1S/C28H24N4O2/c1-3-26-29-15-13-24(32-26)23-8-5-14-30-28(23)34-25-12-11-22(16-18(25)2)31-27(33)21-10-9-19-6-4-7-20(19)17-21/h4-6,8-17H,3,7H2,1-2H3,(H,31,33). The quantitative estimate of drug-likeness (QED) is 0.390. The van der Waals surface area contributed by atoms with Gasteiger partial charge >= 0.3 is 0 Å². The molecule has 1 aliphatic carbocycles. The highest BCUT2D eigenvalue weighted by Gasteiger charge is 2.14. The third kappa shape index (κ3) is 4.43. The molecule has 0 atom stereocenters. The smallest absolute Gasteiger partial charge is 0.255 e. The maximum atomic E-state index is 12.8. The average molecular weight is 449 g/mol. The SMILES string of the molecule is CCc1nccc(-c2cccnc2Oc2ccc(NC(=O)c3ccc4c(c3)CC=C4)cc2C)n1.